The number of nitrogens with one attached hydrogen (secondary N) is 1. The highest BCUT2D eigenvalue weighted by atomic mass is 16.5. The van der Waals surface area contributed by atoms with Crippen molar-refractivity contribution in [2.75, 3.05) is 32.8 Å². The van der Waals surface area contributed by atoms with Crippen molar-refractivity contribution in [2.45, 2.75) is 38.3 Å². The van der Waals surface area contributed by atoms with Gasteiger partial charge in [0.15, 0.2) is 0 Å². The Balaban J connectivity index is 1.30. The summed E-state index contributed by atoms with van der Waals surface area (Å²) in [4.78, 5) is 2.64. The zero-order chi connectivity index (χ0) is 14.3. The van der Waals surface area contributed by atoms with E-state index in [1.807, 2.05) is 0 Å². The highest BCUT2D eigenvalue weighted by Gasteiger charge is 2.23. The van der Waals surface area contributed by atoms with Gasteiger partial charge >= 0.3 is 0 Å². The Morgan fingerprint density at radius 1 is 1.10 bits per heavy atom. The highest BCUT2D eigenvalue weighted by Crippen LogP contribution is 2.19. The second-order valence-electron chi connectivity index (χ2n) is 6.54. The predicted octanol–water partition coefficient (Wildman–Crippen LogP) is 2.67. The number of piperidine rings is 1. The Kier molecular flexibility index (Phi) is 5.67. The van der Waals surface area contributed by atoms with Crippen molar-refractivity contribution in [1.82, 2.24) is 10.2 Å². The minimum absolute atomic E-state index is 0.746. The molecule has 2 saturated heterocycles. The molecule has 0 spiro atoms. The summed E-state index contributed by atoms with van der Waals surface area (Å²) in [6.07, 6.45) is 5.30. The van der Waals surface area contributed by atoms with E-state index in [9.17, 15) is 0 Å². The smallest absolute Gasteiger partial charge is 0.0717 e. The van der Waals surface area contributed by atoms with Gasteiger partial charge in [0.05, 0.1) is 6.61 Å². The summed E-state index contributed by atoms with van der Waals surface area (Å²) in [7, 11) is 0. The van der Waals surface area contributed by atoms with E-state index in [2.05, 4.69) is 40.5 Å². The van der Waals surface area contributed by atoms with Crippen LogP contribution in [-0.4, -0.2) is 43.7 Å². The van der Waals surface area contributed by atoms with E-state index < -0.39 is 0 Å². The van der Waals surface area contributed by atoms with Gasteiger partial charge in [-0.3, -0.25) is 0 Å². The molecule has 0 aliphatic carbocycles. The van der Waals surface area contributed by atoms with Crippen LogP contribution in [0.3, 0.4) is 0 Å². The first-order valence-electron chi connectivity index (χ1n) is 8.47. The molecule has 0 aromatic heterocycles. The molecule has 1 aromatic carbocycles. The summed E-state index contributed by atoms with van der Waals surface area (Å²) in [5.41, 5.74) is 1.28. The molecule has 2 fully saturated rings. The van der Waals surface area contributed by atoms with Crippen LogP contribution in [0.4, 0.5) is 0 Å². The molecule has 0 amide bonds. The third-order valence-electron chi connectivity index (χ3n) is 4.81. The number of hydrogen-bond donors (Lipinski definition) is 1. The van der Waals surface area contributed by atoms with Gasteiger partial charge in [-0.2, -0.15) is 0 Å². The summed E-state index contributed by atoms with van der Waals surface area (Å²) in [6.45, 7) is 6.64. The van der Waals surface area contributed by atoms with Crippen LogP contribution in [0.15, 0.2) is 30.3 Å². The Morgan fingerprint density at radius 2 is 1.90 bits per heavy atom. The third-order valence-corrected chi connectivity index (χ3v) is 4.81. The van der Waals surface area contributed by atoms with Crippen molar-refractivity contribution in [1.29, 1.82) is 0 Å². The van der Waals surface area contributed by atoms with Gasteiger partial charge < -0.3 is 15.0 Å². The monoisotopic (exact) mass is 288 g/mol. The fourth-order valence-corrected chi connectivity index (χ4v) is 3.48. The quantitative estimate of drug-likeness (QED) is 0.871. The minimum atomic E-state index is 0.746. The van der Waals surface area contributed by atoms with Crippen LogP contribution in [0.2, 0.25) is 0 Å². The number of likely N-dealkylation sites (tertiary alicyclic amines) is 1. The van der Waals surface area contributed by atoms with Crippen molar-refractivity contribution >= 4 is 0 Å². The average molecular weight is 288 g/mol. The van der Waals surface area contributed by atoms with Crippen LogP contribution < -0.4 is 5.32 Å². The summed E-state index contributed by atoms with van der Waals surface area (Å²) in [5, 5.41) is 3.60. The molecular formula is C18H28N2O. The number of ether oxygens (including phenoxy) is 1. The fraction of sp³-hybridized carbons (Fsp3) is 0.667. The molecule has 2 aliphatic rings. The van der Waals surface area contributed by atoms with Gasteiger partial charge in [-0.05, 0) is 56.8 Å². The Labute approximate surface area is 128 Å². The van der Waals surface area contributed by atoms with Crippen LogP contribution in [-0.2, 0) is 11.3 Å². The highest BCUT2D eigenvalue weighted by molar-refractivity contribution is 5.13. The Bertz CT molecular complexity index is 395. The largest absolute Gasteiger partial charge is 0.376 e. The van der Waals surface area contributed by atoms with Crippen LogP contribution in [0.5, 0.6) is 0 Å². The molecule has 0 bridgehead atoms. The normalized spacial score (nSPS) is 24.5. The van der Waals surface area contributed by atoms with Gasteiger partial charge in [0, 0.05) is 19.2 Å². The van der Waals surface area contributed by atoms with Crippen LogP contribution in [0.25, 0.3) is 0 Å². The maximum Gasteiger partial charge on any atom is 0.0717 e. The number of hydrogen-bond acceptors (Lipinski definition) is 3. The molecule has 3 nitrogen and oxygen atoms in total. The molecule has 1 atom stereocenters. The van der Waals surface area contributed by atoms with Crippen LogP contribution in [0, 0.1) is 5.92 Å². The van der Waals surface area contributed by atoms with Crippen molar-refractivity contribution in [3.63, 3.8) is 0 Å². The molecule has 116 valence electrons. The second kappa shape index (κ2) is 7.92. The van der Waals surface area contributed by atoms with Gasteiger partial charge in [0.25, 0.3) is 0 Å². The maximum atomic E-state index is 5.90. The lowest BCUT2D eigenvalue weighted by Gasteiger charge is -2.33. The van der Waals surface area contributed by atoms with Crippen LogP contribution in [0.1, 0.15) is 31.2 Å². The summed E-state index contributed by atoms with van der Waals surface area (Å²) < 4.78 is 5.90. The zero-order valence-corrected chi connectivity index (χ0v) is 13.0. The van der Waals surface area contributed by atoms with Gasteiger partial charge in [0.2, 0.25) is 0 Å². The molecule has 21 heavy (non-hydrogen) atoms. The van der Waals surface area contributed by atoms with E-state index in [0.717, 1.165) is 25.2 Å². The van der Waals surface area contributed by atoms with Gasteiger partial charge in [-0.15, -0.1) is 0 Å². The Hall–Kier alpha value is -0.900. The van der Waals surface area contributed by atoms with E-state index in [4.69, 9.17) is 4.74 Å². The fourth-order valence-electron chi connectivity index (χ4n) is 3.48. The minimum Gasteiger partial charge on any atom is -0.376 e. The van der Waals surface area contributed by atoms with E-state index in [1.165, 1.54) is 57.4 Å². The van der Waals surface area contributed by atoms with Crippen LogP contribution >= 0.6 is 0 Å². The van der Waals surface area contributed by atoms with Crippen molar-refractivity contribution in [3.8, 4) is 0 Å². The standard InChI is InChI=1S/C18H28N2O/c1-2-5-16(6-3-1)14-21-15-17-8-11-20(12-9-17)13-18-7-4-10-19-18/h1-3,5-6,17-19H,4,7-15H2. The zero-order valence-electron chi connectivity index (χ0n) is 13.0. The maximum absolute atomic E-state index is 5.90. The molecule has 1 unspecified atom stereocenters. The van der Waals surface area contributed by atoms with Gasteiger partial charge in [-0.25, -0.2) is 0 Å². The topological polar surface area (TPSA) is 24.5 Å². The van der Waals surface area contributed by atoms with Crippen molar-refractivity contribution in [3.05, 3.63) is 35.9 Å². The van der Waals surface area contributed by atoms with Gasteiger partial charge in [-0.1, -0.05) is 30.3 Å². The van der Waals surface area contributed by atoms with Crippen molar-refractivity contribution in [2.24, 2.45) is 5.92 Å². The van der Waals surface area contributed by atoms with Crippen molar-refractivity contribution < 1.29 is 4.74 Å². The number of nitrogens with zero attached hydrogens (tertiary/aromatic N) is 1. The third kappa shape index (κ3) is 4.80. The molecule has 0 saturated carbocycles. The first kappa shape index (κ1) is 15.0. The van der Waals surface area contributed by atoms with E-state index >= 15 is 0 Å². The summed E-state index contributed by atoms with van der Waals surface area (Å²) in [6, 6.07) is 11.2. The second-order valence-corrected chi connectivity index (χ2v) is 6.54. The average Bonchev–Trinajstić information content (AvgIpc) is 3.03. The lowest BCUT2D eigenvalue weighted by atomic mass is 9.97. The number of benzene rings is 1. The first-order valence-corrected chi connectivity index (χ1v) is 8.47. The molecule has 1 N–H and O–H groups in total. The first-order chi connectivity index (χ1) is 10.4. The predicted molar refractivity (Wildman–Crippen MR) is 86.3 cm³/mol. The van der Waals surface area contributed by atoms with Gasteiger partial charge in [0.1, 0.15) is 0 Å². The molecule has 3 rings (SSSR count). The number of rotatable bonds is 6. The lowest BCUT2D eigenvalue weighted by molar-refractivity contribution is 0.0562. The molecular weight excluding hydrogens is 260 g/mol. The molecule has 1 aromatic rings. The van der Waals surface area contributed by atoms with E-state index in [0.29, 0.717) is 0 Å². The molecule has 2 heterocycles. The summed E-state index contributed by atoms with van der Waals surface area (Å²) in [5.74, 6) is 0.751. The lowest BCUT2D eigenvalue weighted by Crippen LogP contribution is -2.42. The molecule has 2 aliphatic heterocycles. The summed E-state index contributed by atoms with van der Waals surface area (Å²) >= 11 is 0. The SMILES string of the molecule is c1ccc(COCC2CCN(CC3CCCN3)CC2)cc1. The van der Waals surface area contributed by atoms with E-state index in [1.54, 1.807) is 0 Å². The molecule has 3 heteroatoms. The Morgan fingerprint density at radius 3 is 2.62 bits per heavy atom. The molecule has 0 radical (unpaired) electrons. The van der Waals surface area contributed by atoms with E-state index in [-0.39, 0.29) is 0 Å².